The van der Waals surface area contributed by atoms with Crippen LogP contribution < -0.4 is 5.73 Å². The molecule has 0 saturated carbocycles. The Hall–Kier alpha value is -3.17. The molecule has 2 aromatic heterocycles. The van der Waals surface area contributed by atoms with Crippen molar-refractivity contribution in [3.8, 4) is 10.4 Å². The van der Waals surface area contributed by atoms with Crippen molar-refractivity contribution >= 4 is 40.3 Å². The van der Waals surface area contributed by atoms with Crippen molar-refractivity contribution in [1.29, 1.82) is 0 Å². The van der Waals surface area contributed by atoms with Gasteiger partial charge in [-0.1, -0.05) is 23.7 Å². The van der Waals surface area contributed by atoms with Gasteiger partial charge < -0.3 is 10.8 Å². The molecule has 0 spiro atoms. The summed E-state index contributed by atoms with van der Waals surface area (Å²) in [5.74, 6) is -1.00. The molecular weight excluding hydrogens is 475 g/mol. The summed E-state index contributed by atoms with van der Waals surface area (Å²) in [6.45, 7) is 3.13. The number of nitrogens with zero attached hydrogens (tertiary/aromatic N) is 2. The van der Waals surface area contributed by atoms with Gasteiger partial charge in [0, 0.05) is 22.8 Å². The molecule has 0 saturated heterocycles. The van der Waals surface area contributed by atoms with Crippen LogP contribution in [0.15, 0.2) is 71.6 Å². The molecule has 2 heterocycles. The number of pyridine rings is 1. The van der Waals surface area contributed by atoms with Crippen LogP contribution in [0.4, 0.5) is 18.9 Å². The fraction of sp³-hybridized carbons (Fsp3) is 0.174. The zero-order chi connectivity index (χ0) is 24.4. The van der Waals surface area contributed by atoms with E-state index in [0.29, 0.717) is 26.6 Å². The highest BCUT2D eigenvalue weighted by atomic mass is 35.5. The first-order chi connectivity index (χ1) is 15.4. The van der Waals surface area contributed by atoms with E-state index in [1.54, 1.807) is 62.5 Å². The molecule has 33 heavy (non-hydrogen) atoms. The fourth-order valence-corrected chi connectivity index (χ4v) is 3.86. The number of para-hydroxylation sites is 1. The van der Waals surface area contributed by atoms with Crippen molar-refractivity contribution in [1.82, 2.24) is 4.98 Å². The molecule has 5 nitrogen and oxygen atoms in total. The minimum Gasteiger partial charge on any atom is -0.481 e. The Balaban J connectivity index is 2.08. The number of aliphatic carboxylic acids is 1. The third kappa shape index (κ3) is 5.61. The number of hydrogen-bond donors (Lipinski definition) is 2. The van der Waals surface area contributed by atoms with Gasteiger partial charge in [-0.25, -0.2) is 4.99 Å². The van der Waals surface area contributed by atoms with Crippen molar-refractivity contribution in [2.24, 2.45) is 10.7 Å². The van der Waals surface area contributed by atoms with E-state index in [2.05, 4.69) is 9.98 Å². The number of aliphatic imine (C=N–C) groups is 1. The molecule has 0 radical (unpaired) electrons. The first kappa shape index (κ1) is 24.5. The Labute approximate surface area is 197 Å². The van der Waals surface area contributed by atoms with E-state index in [-0.39, 0.29) is 10.7 Å². The van der Waals surface area contributed by atoms with Crippen LogP contribution in [0, 0.1) is 0 Å². The number of carboxylic acids is 1. The van der Waals surface area contributed by atoms with Crippen molar-refractivity contribution in [2.75, 3.05) is 0 Å². The second kappa shape index (κ2) is 9.36. The Morgan fingerprint density at radius 2 is 1.88 bits per heavy atom. The van der Waals surface area contributed by atoms with Gasteiger partial charge in [0.1, 0.15) is 5.70 Å². The van der Waals surface area contributed by atoms with E-state index in [0.717, 1.165) is 6.08 Å². The highest BCUT2D eigenvalue weighted by molar-refractivity contribution is 7.17. The largest absolute Gasteiger partial charge is 0.481 e. The van der Waals surface area contributed by atoms with Crippen LogP contribution in [0.1, 0.15) is 24.3 Å². The number of alkyl halides is 3. The van der Waals surface area contributed by atoms with Crippen LogP contribution in [0.5, 0.6) is 0 Å². The lowest BCUT2D eigenvalue weighted by Crippen LogP contribution is -2.28. The Morgan fingerprint density at radius 3 is 2.52 bits per heavy atom. The lowest BCUT2D eigenvalue weighted by atomic mass is 9.85. The van der Waals surface area contributed by atoms with Gasteiger partial charge in [0.15, 0.2) is 0 Å². The van der Waals surface area contributed by atoms with Crippen molar-refractivity contribution < 1.29 is 23.1 Å². The van der Waals surface area contributed by atoms with Crippen molar-refractivity contribution in [3.05, 3.63) is 82.1 Å². The smallest absolute Gasteiger partial charge is 0.430 e. The maximum atomic E-state index is 13.1. The molecule has 0 fully saturated rings. The molecule has 0 amide bonds. The second-order valence-electron chi connectivity index (χ2n) is 7.60. The molecular formula is C23H19ClF3N3O2S. The molecule has 0 aliphatic carbocycles. The number of allylic oxidation sites excluding steroid dienone is 2. The van der Waals surface area contributed by atoms with Crippen LogP contribution in [-0.2, 0) is 10.2 Å². The molecule has 3 rings (SSSR count). The number of thiophene rings is 1. The van der Waals surface area contributed by atoms with Crippen molar-refractivity contribution in [3.63, 3.8) is 0 Å². The molecule has 1 aromatic carbocycles. The van der Waals surface area contributed by atoms with Crippen LogP contribution in [-0.4, -0.2) is 27.9 Å². The van der Waals surface area contributed by atoms with Crippen LogP contribution >= 0.6 is 22.9 Å². The normalized spacial score (nSPS) is 13.3. The lowest BCUT2D eigenvalue weighted by Gasteiger charge is -2.19. The molecule has 3 aromatic rings. The number of nitrogens with two attached hydrogens (primary N) is 1. The van der Waals surface area contributed by atoms with E-state index < -0.39 is 23.3 Å². The molecule has 0 aliphatic rings. The highest BCUT2D eigenvalue weighted by Gasteiger charge is 2.32. The van der Waals surface area contributed by atoms with E-state index in [1.807, 2.05) is 0 Å². The predicted octanol–water partition coefficient (Wildman–Crippen LogP) is 6.35. The van der Waals surface area contributed by atoms with Gasteiger partial charge in [-0.05, 0) is 55.8 Å². The van der Waals surface area contributed by atoms with Crippen LogP contribution in [0.3, 0.4) is 0 Å². The van der Waals surface area contributed by atoms with Gasteiger partial charge in [-0.2, -0.15) is 13.2 Å². The molecule has 172 valence electrons. The maximum absolute atomic E-state index is 13.1. The van der Waals surface area contributed by atoms with E-state index in [4.69, 9.17) is 17.3 Å². The van der Waals surface area contributed by atoms with Gasteiger partial charge in [0.05, 0.1) is 26.7 Å². The Morgan fingerprint density at radius 1 is 1.18 bits per heavy atom. The molecule has 10 heteroatoms. The highest BCUT2D eigenvalue weighted by Crippen LogP contribution is 2.34. The third-order valence-electron chi connectivity index (χ3n) is 4.85. The number of benzene rings is 1. The summed E-state index contributed by atoms with van der Waals surface area (Å²) in [5.41, 5.74) is 4.20. The number of hydrogen-bond acceptors (Lipinski definition) is 5. The van der Waals surface area contributed by atoms with E-state index in [9.17, 15) is 23.1 Å². The van der Waals surface area contributed by atoms with Gasteiger partial charge >= 0.3 is 12.1 Å². The van der Waals surface area contributed by atoms with Crippen LogP contribution in [0.2, 0.25) is 5.02 Å². The number of halogens is 4. The summed E-state index contributed by atoms with van der Waals surface area (Å²) in [4.78, 5) is 21.1. The zero-order valence-corrected chi connectivity index (χ0v) is 19.1. The monoisotopic (exact) mass is 493 g/mol. The van der Waals surface area contributed by atoms with Gasteiger partial charge in [0.2, 0.25) is 0 Å². The summed E-state index contributed by atoms with van der Waals surface area (Å²) in [7, 11) is 0. The number of carboxylic acid groups (broad SMARTS) is 1. The first-order valence-electron chi connectivity index (χ1n) is 9.56. The Bertz CT molecular complexity index is 1250. The number of aromatic nitrogens is 1. The first-order valence-corrected chi connectivity index (χ1v) is 10.8. The minimum atomic E-state index is -4.72. The summed E-state index contributed by atoms with van der Waals surface area (Å²) < 4.78 is 39.3. The van der Waals surface area contributed by atoms with Gasteiger partial charge in [0.25, 0.3) is 0 Å². The maximum Gasteiger partial charge on any atom is 0.430 e. The predicted molar refractivity (Wildman–Crippen MR) is 124 cm³/mol. The average molecular weight is 494 g/mol. The topological polar surface area (TPSA) is 88.6 Å². The van der Waals surface area contributed by atoms with Gasteiger partial charge in [-0.3, -0.25) is 9.78 Å². The summed E-state index contributed by atoms with van der Waals surface area (Å²) in [6.07, 6.45) is -0.922. The molecule has 0 aliphatic heterocycles. The average Bonchev–Trinajstić information content (AvgIpc) is 3.24. The molecule has 3 N–H and O–H groups in total. The SMILES string of the molecule is CC(C)(C(=O)O)c1cncc(-c2ccc(C(C=C(N)C(F)(F)F)=Nc3ccccc3Cl)s2)c1. The quantitative estimate of drug-likeness (QED) is 0.391. The van der Waals surface area contributed by atoms with Crippen molar-refractivity contribution in [2.45, 2.75) is 25.4 Å². The molecule has 0 bridgehead atoms. The van der Waals surface area contributed by atoms with Gasteiger partial charge in [-0.15, -0.1) is 11.3 Å². The number of carbonyl (C=O) groups is 1. The summed E-state index contributed by atoms with van der Waals surface area (Å²) in [6, 6.07) is 11.5. The van der Waals surface area contributed by atoms with E-state index in [1.165, 1.54) is 17.5 Å². The zero-order valence-electron chi connectivity index (χ0n) is 17.5. The standard InChI is InChI=1S/C23H19ClF3N3O2S/c1-22(2,21(31)32)14-9-13(11-29-12-14)18-7-8-19(33-18)17(10-20(28)23(25,26)27)30-16-6-4-3-5-15(16)24/h3-12H,28H2,1-2H3,(H,31,32). The Kier molecular flexibility index (Phi) is 6.94. The van der Waals surface area contributed by atoms with E-state index >= 15 is 0 Å². The summed E-state index contributed by atoms with van der Waals surface area (Å²) in [5, 5.41) is 9.76. The molecule has 0 unspecified atom stereocenters. The summed E-state index contributed by atoms with van der Waals surface area (Å²) >= 11 is 7.31. The minimum absolute atomic E-state index is 0.0100. The molecule has 0 atom stereocenters. The number of rotatable bonds is 6. The lowest BCUT2D eigenvalue weighted by molar-refractivity contribution is -0.142. The van der Waals surface area contributed by atoms with Crippen LogP contribution in [0.25, 0.3) is 10.4 Å². The second-order valence-corrected chi connectivity index (χ2v) is 9.09. The fourth-order valence-electron chi connectivity index (χ4n) is 2.73. The third-order valence-corrected chi connectivity index (χ3v) is 6.33.